The molecule has 1 aliphatic rings. The quantitative estimate of drug-likeness (QED) is 0.846. The van der Waals surface area contributed by atoms with Crippen LogP contribution in [0.1, 0.15) is 51.6 Å². The Balaban J connectivity index is 1.66. The Morgan fingerprint density at radius 3 is 2.70 bits per heavy atom. The van der Waals surface area contributed by atoms with Gasteiger partial charge in [-0.05, 0) is 30.4 Å². The topological polar surface area (TPSA) is 71.1 Å². The molecule has 0 unspecified atom stereocenters. The van der Waals surface area contributed by atoms with Gasteiger partial charge in [0.1, 0.15) is 0 Å². The van der Waals surface area contributed by atoms with E-state index < -0.39 is 0 Å². The zero-order valence-electron chi connectivity index (χ0n) is 14.0. The highest BCUT2D eigenvalue weighted by Gasteiger charge is 2.27. The second-order valence-corrected chi connectivity index (χ2v) is 6.54. The number of hydrogen-bond acceptors (Lipinski definition) is 3. The highest BCUT2D eigenvalue weighted by Crippen LogP contribution is 2.29. The van der Waals surface area contributed by atoms with Crippen LogP contribution in [0, 0.1) is 11.8 Å². The largest absolute Gasteiger partial charge is 0.353 e. The fourth-order valence-electron chi connectivity index (χ4n) is 3.07. The summed E-state index contributed by atoms with van der Waals surface area (Å²) in [7, 11) is 0. The van der Waals surface area contributed by atoms with E-state index in [9.17, 15) is 9.59 Å². The number of pyridine rings is 1. The predicted octanol–water partition coefficient (Wildman–Crippen LogP) is 2.42. The number of carbonyl (C=O) groups is 2. The van der Waals surface area contributed by atoms with Crippen LogP contribution in [0.2, 0.25) is 0 Å². The lowest BCUT2D eigenvalue weighted by Gasteiger charge is -2.34. The molecule has 0 bridgehead atoms. The normalized spacial score (nSPS) is 24.0. The maximum Gasteiger partial charge on any atom is 0.220 e. The van der Waals surface area contributed by atoms with Crippen molar-refractivity contribution in [3.05, 3.63) is 30.1 Å². The fraction of sp³-hybridized carbons (Fsp3) is 0.611. The molecule has 0 saturated heterocycles. The van der Waals surface area contributed by atoms with Gasteiger partial charge in [-0.15, -0.1) is 0 Å². The van der Waals surface area contributed by atoms with Gasteiger partial charge in [0.15, 0.2) is 0 Å². The molecule has 3 atom stereocenters. The molecule has 23 heavy (non-hydrogen) atoms. The van der Waals surface area contributed by atoms with E-state index in [1.165, 1.54) is 12.8 Å². The first kappa shape index (κ1) is 17.4. The van der Waals surface area contributed by atoms with Gasteiger partial charge >= 0.3 is 0 Å². The number of amides is 2. The minimum atomic E-state index is -0.115. The summed E-state index contributed by atoms with van der Waals surface area (Å²) in [6.45, 7) is 4.85. The third-order valence-electron chi connectivity index (χ3n) is 4.83. The molecule has 1 aromatic heterocycles. The van der Waals surface area contributed by atoms with E-state index in [2.05, 4.69) is 29.5 Å². The summed E-state index contributed by atoms with van der Waals surface area (Å²) in [6, 6.07) is 5.83. The van der Waals surface area contributed by atoms with Gasteiger partial charge in [-0.1, -0.05) is 32.8 Å². The first-order chi connectivity index (χ1) is 11.1. The van der Waals surface area contributed by atoms with Crippen LogP contribution in [0.3, 0.4) is 0 Å². The Labute approximate surface area is 138 Å². The SMILES string of the molecule is C[C@H]1[C@H](C)CCC[C@H]1NC(=O)CCC(=O)NCc1ccccn1. The van der Waals surface area contributed by atoms with Crippen molar-refractivity contribution >= 4 is 11.8 Å². The van der Waals surface area contributed by atoms with Crippen molar-refractivity contribution in [1.29, 1.82) is 0 Å². The van der Waals surface area contributed by atoms with Gasteiger partial charge in [0.2, 0.25) is 11.8 Å². The number of hydrogen-bond donors (Lipinski definition) is 2. The Bertz CT molecular complexity index is 518. The van der Waals surface area contributed by atoms with Crippen molar-refractivity contribution in [2.75, 3.05) is 0 Å². The lowest BCUT2D eigenvalue weighted by molar-refractivity contribution is -0.127. The molecule has 1 saturated carbocycles. The van der Waals surface area contributed by atoms with Crippen LogP contribution in [-0.4, -0.2) is 22.8 Å². The molecule has 2 N–H and O–H groups in total. The molecule has 1 aliphatic carbocycles. The average Bonchev–Trinajstić information content (AvgIpc) is 2.56. The van der Waals surface area contributed by atoms with E-state index in [-0.39, 0.29) is 30.7 Å². The molecule has 5 nitrogen and oxygen atoms in total. The summed E-state index contributed by atoms with van der Waals surface area (Å²) in [4.78, 5) is 28.0. The molecular weight excluding hydrogens is 290 g/mol. The van der Waals surface area contributed by atoms with Gasteiger partial charge in [-0.3, -0.25) is 14.6 Å². The predicted molar refractivity (Wildman–Crippen MR) is 89.4 cm³/mol. The van der Waals surface area contributed by atoms with E-state index >= 15 is 0 Å². The van der Waals surface area contributed by atoms with Crippen molar-refractivity contribution in [2.45, 2.75) is 58.5 Å². The fourth-order valence-corrected chi connectivity index (χ4v) is 3.07. The summed E-state index contributed by atoms with van der Waals surface area (Å²) >= 11 is 0. The molecule has 0 radical (unpaired) electrons. The molecule has 0 aromatic carbocycles. The molecule has 2 amide bonds. The van der Waals surface area contributed by atoms with Gasteiger partial charge in [-0.2, -0.15) is 0 Å². The van der Waals surface area contributed by atoms with Gasteiger partial charge in [0, 0.05) is 25.1 Å². The maximum absolute atomic E-state index is 12.0. The second kappa shape index (κ2) is 8.65. The van der Waals surface area contributed by atoms with Gasteiger partial charge in [-0.25, -0.2) is 0 Å². The van der Waals surface area contributed by atoms with Crippen molar-refractivity contribution < 1.29 is 9.59 Å². The Morgan fingerprint density at radius 1 is 1.17 bits per heavy atom. The minimum absolute atomic E-state index is 0.0241. The van der Waals surface area contributed by atoms with Crippen LogP contribution in [-0.2, 0) is 16.1 Å². The molecule has 0 aliphatic heterocycles. The zero-order valence-corrected chi connectivity index (χ0v) is 14.0. The third kappa shape index (κ3) is 5.66. The molecular formula is C18H27N3O2. The summed E-state index contributed by atoms with van der Waals surface area (Å²) in [6.07, 6.45) is 5.61. The molecule has 126 valence electrons. The number of nitrogens with one attached hydrogen (secondary N) is 2. The van der Waals surface area contributed by atoms with Crippen LogP contribution in [0.15, 0.2) is 24.4 Å². The standard InChI is InChI=1S/C18H27N3O2/c1-13-6-5-8-16(14(13)2)21-18(23)10-9-17(22)20-12-15-7-3-4-11-19-15/h3-4,7,11,13-14,16H,5-6,8-10,12H2,1-2H3,(H,20,22)(H,21,23)/t13-,14+,16-/m1/s1. The summed E-state index contributed by atoms with van der Waals surface area (Å²) in [5.74, 6) is 1.02. The van der Waals surface area contributed by atoms with Crippen LogP contribution in [0.25, 0.3) is 0 Å². The zero-order chi connectivity index (χ0) is 16.7. The summed E-state index contributed by atoms with van der Waals surface area (Å²) < 4.78 is 0. The smallest absolute Gasteiger partial charge is 0.220 e. The minimum Gasteiger partial charge on any atom is -0.353 e. The molecule has 2 rings (SSSR count). The van der Waals surface area contributed by atoms with Gasteiger partial charge in [0.25, 0.3) is 0 Å². The van der Waals surface area contributed by atoms with Gasteiger partial charge in [0.05, 0.1) is 12.2 Å². The van der Waals surface area contributed by atoms with Crippen LogP contribution >= 0.6 is 0 Å². The van der Waals surface area contributed by atoms with E-state index in [0.717, 1.165) is 12.1 Å². The third-order valence-corrected chi connectivity index (χ3v) is 4.83. The van der Waals surface area contributed by atoms with Crippen molar-refractivity contribution in [3.8, 4) is 0 Å². The number of aromatic nitrogens is 1. The highest BCUT2D eigenvalue weighted by atomic mass is 16.2. The lowest BCUT2D eigenvalue weighted by Crippen LogP contribution is -2.43. The van der Waals surface area contributed by atoms with E-state index in [0.29, 0.717) is 18.4 Å². The Hall–Kier alpha value is -1.91. The van der Waals surface area contributed by atoms with E-state index in [1.54, 1.807) is 6.20 Å². The number of rotatable bonds is 6. The first-order valence-electron chi connectivity index (χ1n) is 8.52. The maximum atomic E-state index is 12.0. The van der Waals surface area contributed by atoms with Crippen molar-refractivity contribution in [2.24, 2.45) is 11.8 Å². The summed E-state index contributed by atoms with van der Waals surface area (Å²) in [5, 5.41) is 5.89. The monoisotopic (exact) mass is 317 g/mol. The number of nitrogens with zero attached hydrogens (tertiary/aromatic N) is 1. The summed E-state index contributed by atoms with van der Waals surface area (Å²) in [5.41, 5.74) is 0.815. The van der Waals surface area contributed by atoms with Crippen LogP contribution in [0.4, 0.5) is 0 Å². The van der Waals surface area contributed by atoms with Gasteiger partial charge < -0.3 is 10.6 Å². The van der Waals surface area contributed by atoms with E-state index in [1.807, 2.05) is 18.2 Å². The second-order valence-electron chi connectivity index (χ2n) is 6.54. The molecule has 1 heterocycles. The molecule has 0 spiro atoms. The Morgan fingerprint density at radius 2 is 1.96 bits per heavy atom. The van der Waals surface area contributed by atoms with Crippen molar-refractivity contribution in [1.82, 2.24) is 15.6 Å². The first-order valence-corrected chi connectivity index (χ1v) is 8.52. The Kier molecular flexibility index (Phi) is 6.56. The molecule has 5 heteroatoms. The van der Waals surface area contributed by atoms with Crippen LogP contribution < -0.4 is 10.6 Å². The molecule has 1 aromatic rings. The lowest BCUT2D eigenvalue weighted by atomic mass is 9.78. The average molecular weight is 317 g/mol. The molecule has 1 fully saturated rings. The van der Waals surface area contributed by atoms with E-state index in [4.69, 9.17) is 0 Å². The van der Waals surface area contributed by atoms with Crippen LogP contribution in [0.5, 0.6) is 0 Å². The number of carbonyl (C=O) groups excluding carboxylic acids is 2. The van der Waals surface area contributed by atoms with Crippen molar-refractivity contribution in [3.63, 3.8) is 0 Å². The highest BCUT2D eigenvalue weighted by molar-refractivity contribution is 5.83.